The second-order valence-electron chi connectivity index (χ2n) is 4.69. The molecule has 1 aromatic carbocycles. The molecular weight excluding hydrogens is 322 g/mol. The van der Waals surface area contributed by atoms with Crippen LogP contribution in [0.4, 0.5) is 5.69 Å². The van der Waals surface area contributed by atoms with Crippen LogP contribution in [-0.2, 0) is 4.79 Å². The Morgan fingerprint density at radius 2 is 2.09 bits per heavy atom. The van der Waals surface area contributed by atoms with E-state index in [1.54, 1.807) is 18.2 Å². The number of ether oxygens (including phenoxy) is 2. The van der Waals surface area contributed by atoms with Gasteiger partial charge in [-0.15, -0.1) is 10.2 Å². The van der Waals surface area contributed by atoms with Crippen LogP contribution in [0.25, 0.3) is 0 Å². The zero-order valence-corrected chi connectivity index (χ0v) is 13.8. The molecule has 2 heterocycles. The fraction of sp³-hybridized carbons (Fsp3) is 0.357. The molecule has 0 radical (unpaired) electrons. The molecule has 0 unspecified atom stereocenters. The predicted molar refractivity (Wildman–Crippen MR) is 86.0 cm³/mol. The molecule has 8 heteroatoms. The van der Waals surface area contributed by atoms with Gasteiger partial charge < -0.3 is 14.8 Å². The maximum Gasteiger partial charge on any atom is 0.237 e. The molecule has 0 fully saturated rings. The van der Waals surface area contributed by atoms with E-state index in [9.17, 15) is 4.79 Å². The second kappa shape index (κ2) is 6.53. The largest absolute Gasteiger partial charge is 0.486 e. The minimum atomic E-state index is -0.263. The predicted octanol–water partition coefficient (Wildman–Crippen LogP) is 2.74. The number of amides is 1. The van der Waals surface area contributed by atoms with E-state index in [1.165, 1.54) is 23.1 Å². The van der Waals surface area contributed by atoms with Crippen LogP contribution in [0, 0.1) is 6.92 Å². The minimum Gasteiger partial charge on any atom is -0.486 e. The minimum absolute atomic E-state index is 0.0884. The van der Waals surface area contributed by atoms with E-state index < -0.39 is 0 Å². The highest BCUT2D eigenvalue weighted by Crippen LogP contribution is 2.33. The summed E-state index contributed by atoms with van der Waals surface area (Å²) in [7, 11) is 0. The Balaban J connectivity index is 1.63. The van der Waals surface area contributed by atoms with E-state index >= 15 is 0 Å². The van der Waals surface area contributed by atoms with E-state index in [4.69, 9.17) is 9.47 Å². The van der Waals surface area contributed by atoms with Gasteiger partial charge in [-0.25, -0.2) is 0 Å². The average molecular weight is 337 g/mol. The molecule has 0 saturated carbocycles. The van der Waals surface area contributed by atoms with Gasteiger partial charge in [-0.05, 0) is 26.0 Å². The molecule has 0 saturated heterocycles. The average Bonchev–Trinajstić information content (AvgIpc) is 2.92. The smallest absolute Gasteiger partial charge is 0.237 e. The molecule has 1 aliphatic heterocycles. The monoisotopic (exact) mass is 337 g/mol. The lowest BCUT2D eigenvalue weighted by molar-refractivity contribution is -0.115. The number of nitrogens with zero attached hydrogens (tertiary/aromatic N) is 2. The molecule has 6 nitrogen and oxygen atoms in total. The van der Waals surface area contributed by atoms with Crippen molar-refractivity contribution < 1.29 is 14.3 Å². The number of rotatable bonds is 4. The van der Waals surface area contributed by atoms with Crippen molar-refractivity contribution in [3.05, 3.63) is 23.2 Å². The molecular formula is C14H15N3O3S2. The number of fused-ring (bicyclic) bond motifs is 1. The van der Waals surface area contributed by atoms with Crippen LogP contribution >= 0.6 is 23.1 Å². The third-order valence-corrected chi connectivity index (χ3v) is 4.99. The van der Waals surface area contributed by atoms with Gasteiger partial charge in [0.1, 0.15) is 18.2 Å². The quantitative estimate of drug-likeness (QED) is 0.865. The Bertz CT molecular complexity index is 690. The van der Waals surface area contributed by atoms with E-state index in [-0.39, 0.29) is 11.2 Å². The van der Waals surface area contributed by atoms with E-state index in [1.807, 2.05) is 13.8 Å². The molecule has 0 spiro atoms. The number of hydrogen-bond acceptors (Lipinski definition) is 7. The van der Waals surface area contributed by atoms with Crippen molar-refractivity contribution in [1.82, 2.24) is 10.2 Å². The van der Waals surface area contributed by atoms with Gasteiger partial charge in [0.05, 0.1) is 5.25 Å². The first-order valence-electron chi connectivity index (χ1n) is 6.79. The van der Waals surface area contributed by atoms with Gasteiger partial charge in [0.15, 0.2) is 15.8 Å². The fourth-order valence-electron chi connectivity index (χ4n) is 1.90. The van der Waals surface area contributed by atoms with Gasteiger partial charge in [-0.1, -0.05) is 23.1 Å². The van der Waals surface area contributed by atoms with Gasteiger partial charge in [0, 0.05) is 11.8 Å². The summed E-state index contributed by atoms with van der Waals surface area (Å²) in [6.45, 7) is 4.80. The van der Waals surface area contributed by atoms with Crippen molar-refractivity contribution in [2.75, 3.05) is 18.5 Å². The Hall–Kier alpha value is -1.80. The van der Waals surface area contributed by atoms with Crippen LogP contribution in [-0.4, -0.2) is 34.6 Å². The van der Waals surface area contributed by atoms with Crippen LogP contribution in [0.15, 0.2) is 22.5 Å². The van der Waals surface area contributed by atoms with Gasteiger partial charge >= 0.3 is 0 Å². The van der Waals surface area contributed by atoms with E-state index in [2.05, 4.69) is 15.5 Å². The zero-order valence-electron chi connectivity index (χ0n) is 12.2. The van der Waals surface area contributed by atoms with Crippen molar-refractivity contribution in [1.29, 1.82) is 0 Å². The first kappa shape index (κ1) is 15.1. The number of carbonyl (C=O) groups is 1. The molecule has 1 atom stereocenters. The normalized spacial score (nSPS) is 14.5. The number of benzene rings is 1. The number of carbonyl (C=O) groups excluding carboxylic acids is 1. The Morgan fingerprint density at radius 3 is 2.82 bits per heavy atom. The number of aromatic nitrogens is 2. The molecule has 1 amide bonds. The summed E-state index contributed by atoms with van der Waals surface area (Å²) in [4.78, 5) is 12.2. The maximum atomic E-state index is 12.2. The van der Waals surface area contributed by atoms with Crippen LogP contribution in [0.3, 0.4) is 0 Å². The SMILES string of the molecule is Cc1nnc(S[C@H](C)C(=O)Nc2ccc3c(c2)OCCO3)s1. The molecule has 0 bridgehead atoms. The fourth-order valence-corrected chi connectivity index (χ4v) is 3.86. The Labute approximate surface area is 136 Å². The van der Waals surface area contributed by atoms with Crippen molar-refractivity contribution in [3.63, 3.8) is 0 Å². The lowest BCUT2D eigenvalue weighted by atomic mass is 10.2. The first-order chi connectivity index (χ1) is 10.6. The zero-order chi connectivity index (χ0) is 15.5. The molecule has 1 N–H and O–H groups in total. The molecule has 1 aliphatic rings. The van der Waals surface area contributed by atoms with E-state index in [0.717, 1.165) is 9.35 Å². The lowest BCUT2D eigenvalue weighted by Gasteiger charge is -2.19. The van der Waals surface area contributed by atoms with Gasteiger partial charge in [-0.3, -0.25) is 4.79 Å². The summed E-state index contributed by atoms with van der Waals surface area (Å²) < 4.78 is 11.8. The van der Waals surface area contributed by atoms with Crippen molar-refractivity contribution in [3.8, 4) is 11.5 Å². The van der Waals surface area contributed by atoms with Crippen LogP contribution in [0.5, 0.6) is 11.5 Å². The molecule has 116 valence electrons. The van der Waals surface area contributed by atoms with Gasteiger partial charge in [0.2, 0.25) is 5.91 Å². The standard InChI is InChI=1S/C14H15N3O3S2/c1-8(21-14-17-16-9(2)22-14)13(18)15-10-3-4-11-12(7-10)20-6-5-19-11/h3-4,7-8H,5-6H2,1-2H3,(H,15,18)/t8-/m1/s1. The third-order valence-electron chi connectivity index (χ3n) is 2.96. The van der Waals surface area contributed by atoms with Crippen LogP contribution in [0.2, 0.25) is 0 Å². The third kappa shape index (κ3) is 3.50. The first-order valence-corrected chi connectivity index (χ1v) is 8.49. The molecule has 0 aliphatic carbocycles. The molecule has 1 aromatic heterocycles. The summed E-state index contributed by atoms with van der Waals surface area (Å²) in [5.74, 6) is 1.27. The lowest BCUT2D eigenvalue weighted by Crippen LogP contribution is -2.22. The van der Waals surface area contributed by atoms with Gasteiger partial charge in [-0.2, -0.15) is 0 Å². The highest BCUT2D eigenvalue weighted by atomic mass is 32.2. The summed E-state index contributed by atoms with van der Waals surface area (Å²) in [5.41, 5.74) is 0.690. The van der Waals surface area contributed by atoms with Crippen LogP contribution in [0.1, 0.15) is 11.9 Å². The maximum absolute atomic E-state index is 12.2. The van der Waals surface area contributed by atoms with Crippen molar-refractivity contribution >= 4 is 34.7 Å². The Kier molecular flexibility index (Phi) is 4.49. The summed E-state index contributed by atoms with van der Waals surface area (Å²) in [6, 6.07) is 5.38. The van der Waals surface area contributed by atoms with Crippen LogP contribution < -0.4 is 14.8 Å². The Morgan fingerprint density at radius 1 is 1.32 bits per heavy atom. The molecule has 3 rings (SSSR count). The topological polar surface area (TPSA) is 73.3 Å². The number of nitrogens with one attached hydrogen (secondary N) is 1. The van der Waals surface area contributed by atoms with Crippen molar-refractivity contribution in [2.24, 2.45) is 0 Å². The number of hydrogen-bond donors (Lipinski definition) is 1. The van der Waals surface area contributed by atoms with Crippen molar-refractivity contribution in [2.45, 2.75) is 23.4 Å². The number of aryl methyl sites for hydroxylation is 1. The number of anilines is 1. The molecule has 22 heavy (non-hydrogen) atoms. The highest BCUT2D eigenvalue weighted by Gasteiger charge is 2.18. The summed E-state index contributed by atoms with van der Waals surface area (Å²) in [6.07, 6.45) is 0. The van der Waals surface area contributed by atoms with Gasteiger partial charge in [0.25, 0.3) is 0 Å². The summed E-state index contributed by atoms with van der Waals surface area (Å²) >= 11 is 2.88. The second-order valence-corrected chi connectivity index (χ2v) is 7.46. The number of thioether (sulfide) groups is 1. The van der Waals surface area contributed by atoms with E-state index in [0.29, 0.717) is 30.4 Å². The molecule has 2 aromatic rings. The highest BCUT2D eigenvalue weighted by molar-refractivity contribution is 8.02. The summed E-state index contributed by atoms with van der Waals surface area (Å²) in [5, 5.41) is 11.5.